The number of esters is 1. The molecule has 21 heavy (non-hydrogen) atoms. The highest BCUT2D eigenvalue weighted by atomic mass is 16.5. The third-order valence-electron chi connectivity index (χ3n) is 4.14. The lowest BCUT2D eigenvalue weighted by molar-refractivity contribution is -0.147. The number of nitrogens with one attached hydrogen (secondary N) is 1. The number of ketones is 1. The topological polar surface area (TPSA) is 64.6 Å². The molecule has 0 radical (unpaired) electrons. The molecule has 0 bridgehead atoms. The minimum Gasteiger partial charge on any atom is -0.497 e. The summed E-state index contributed by atoms with van der Waals surface area (Å²) >= 11 is 0. The first-order chi connectivity index (χ1) is 9.91. The van der Waals surface area contributed by atoms with Gasteiger partial charge in [-0.25, -0.2) is 0 Å². The van der Waals surface area contributed by atoms with Crippen LogP contribution in [0.5, 0.6) is 5.75 Å². The second-order valence-corrected chi connectivity index (χ2v) is 5.64. The van der Waals surface area contributed by atoms with Crippen molar-refractivity contribution in [2.75, 3.05) is 14.2 Å². The van der Waals surface area contributed by atoms with Crippen molar-refractivity contribution in [3.05, 3.63) is 29.8 Å². The van der Waals surface area contributed by atoms with Gasteiger partial charge in [0.15, 0.2) is 0 Å². The zero-order valence-corrected chi connectivity index (χ0v) is 12.8. The maximum Gasteiger partial charge on any atom is 0.325 e. The van der Waals surface area contributed by atoms with Crippen molar-refractivity contribution in [2.45, 2.75) is 31.8 Å². The van der Waals surface area contributed by atoms with Crippen LogP contribution in [0.15, 0.2) is 24.3 Å². The molecule has 0 aromatic heterocycles. The first-order valence-corrected chi connectivity index (χ1v) is 6.92. The Balaban J connectivity index is 2.31. The van der Waals surface area contributed by atoms with E-state index in [0.29, 0.717) is 6.42 Å². The molecule has 1 saturated heterocycles. The average molecular weight is 291 g/mol. The van der Waals surface area contributed by atoms with E-state index in [2.05, 4.69) is 5.32 Å². The molecular formula is C16H21NO4. The second-order valence-electron chi connectivity index (χ2n) is 5.64. The Kier molecular flexibility index (Phi) is 4.32. The van der Waals surface area contributed by atoms with E-state index < -0.39 is 5.54 Å². The van der Waals surface area contributed by atoms with Gasteiger partial charge in [-0.3, -0.25) is 14.9 Å². The van der Waals surface area contributed by atoms with E-state index in [4.69, 9.17) is 9.47 Å². The number of rotatable bonds is 4. The number of carbonyl (C=O) groups is 2. The molecule has 3 atom stereocenters. The SMILES string of the molecule is COC(=O)[C@@]1(C)C[C@@H](C(C)=O)C(c2ccc(OC)cc2)N1. The standard InChI is InChI=1S/C16H21NO4/c1-10(18)13-9-16(2,15(19)21-4)17-14(13)11-5-7-12(20-3)8-6-11/h5-8,13-14,17H,9H2,1-4H3/t13-,14?,16+/m0/s1. The number of hydrogen-bond acceptors (Lipinski definition) is 5. The fourth-order valence-electron chi connectivity index (χ4n) is 2.93. The van der Waals surface area contributed by atoms with Gasteiger partial charge < -0.3 is 9.47 Å². The van der Waals surface area contributed by atoms with Gasteiger partial charge >= 0.3 is 5.97 Å². The number of benzene rings is 1. The predicted octanol–water partition coefficient (Wildman–Crippen LogP) is 1.87. The van der Waals surface area contributed by atoms with Crippen molar-refractivity contribution in [3.8, 4) is 5.75 Å². The van der Waals surface area contributed by atoms with Crippen LogP contribution in [0.1, 0.15) is 31.9 Å². The molecule has 2 rings (SSSR count). The lowest BCUT2D eigenvalue weighted by Crippen LogP contribution is -2.45. The molecule has 1 aliphatic heterocycles. The highest BCUT2D eigenvalue weighted by Gasteiger charge is 2.49. The summed E-state index contributed by atoms with van der Waals surface area (Å²) in [6.45, 7) is 3.34. The van der Waals surface area contributed by atoms with Gasteiger partial charge in [0, 0.05) is 12.0 Å². The Morgan fingerprint density at radius 1 is 1.24 bits per heavy atom. The van der Waals surface area contributed by atoms with Crippen molar-refractivity contribution in [1.29, 1.82) is 0 Å². The molecule has 0 spiro atoms. The third-order valence-corrected chi connectivity index (χ3v) is 4.14. The van der Waals surface area contributed by atoms with E-state index in [1.165, 1.54) is 7.11 Å². The van der Waals surface area contributed by atoms with Crippen molar-refractivity contribution < 1.29 is 19.1 Å². The Labute approximate surface area is 124 Å². The van der Waals surface area contributed by atoms with E-state index in [1.807, 2.05) is 24.3 Å². The maximum atomic E-state index is 12.0. The first-order valence-electron chi connectivity index (χ1n) is 6.92. The molecule has 1 unspecified atom stereocenters. The summed E-state index contributed by atoms with van der Waals surface area (Å²) in [4.78, 5) is 23.9. The summed E-state index contributed by atoms with van der Waals surface area (Å²) in [6.07, 6.45) is 0.436. The van der Waals surface area contributed by atoms with Crippen LogP contribution in [0.3, 0.4) is 0 Å². The Morgan fingerprint density at radius 2 is 1.86 bits per heavy atom. The molecule has 0 aliphatic carbocycles. The summed E-state index contributed by atoms with van der Waals surface area (Å²) in [5.41, 5.74) is 0.124. The average Bonchev–Trinajstić information content (AvgIpc) is 2.86. The van der Waals surface area contributed by atoms with Gasteiger partial charge in [0.2, 0.25) is 0 Å². The van der Waals surface area contributed by atoms with Crippen molar-refractivity contribution >= 4 is 11.8 Å². The van der Waals surface area contributed by atoms with Crippen LogP contribution >= 0.6 is 0 Å². The van der Waals surface area contributed by atoms with Gasteiger partial charge in [-0.15, -0.1) is 0 Å². The highest BCUT2D eigenvalue weighted by Crippen LogP contribution is 2.39. The molecule has 1 N–H and O–H groups in total. The number of hydrogen-bond donors (Lipinski definition) is 1. The summed E-state index contributed by atoms with van der Waals surface area (Å²) < 4.78 is 9.99. The maximum absolute atomic E-state index is 12.0. The molecule has 1 heterocycles. The minimum atomic E-state index is -0.838. The van der Waals surface area contributed by atoms with E-state index in [-0.39, 0.29) is 23.7 Å². The molecule has 0 saturated carbocycles. The lowest BCUT2D eigenvalue weighted by atomic mass is 9.87. The van der Waals surface area contributed by atoms with E-state index in [9.17, 15) is 9.59 Å². The monoisotopic (exact) mass is 291 g/mol. The zero-order chi connectivity index (χ0) is 15.6. The Bertz CT molecular complexity index is 540. The number of methoxy groups -OCH3 is 2. The van der Waals surface area contributed by atoms with Gasteiger partial charge in [0.1, 0.15) is 17.1 Å². The van der Waals surface area contributed by atoms with Crippen LogP contribution in [-0.2, 0) is 14.3 Å². The number of ether oxygens (including phenoxy) is 2. The summed E-state index contributed by atoms with van der Waals surface area (Å²) in [7, 11) is 2.97. The van der Waals surface area contributed by atoms with Gasteiger partial charge in [-0.2, -0.15) is 0 Å². The van der Waals surface area contributed by atoms with Gasteiger partial charge in [-0.05, 0) is 38.0 Å². The molecular weight excluding hydrogens is 270 g/mol. The highest BCUT2D eigenvalue weighted by molar-refractivity contribution is 5.85. The van der Waals surface area contributed by atoms with Crippen LogP contribution in [0.4, 0.5) is 0 Å². The first kappa shape index (κ1) is 15.5. The number of carbonyl (C=O) groups excluding carboxylic acids is 2. The van der Waals surface area contributed by atoms with Gasteiger partial charge in [0.25, 0.3) is 0 Å². The molecule has 5 nitrogen and oxygen atoms in total. The van der Waals surface area contributed by atoms with Crippen molar-refractivity contribution in [3.63, 3.8) is 0 Å². The normalized spacial score (nSPS) is 28.2. The summed E-state index contributed by atoms with van der Waals surface area (Å²) in [5.74, 6) is 0.232. The van der Waals surface area contributed by atoms with Crippen LogP contribution in [-0.4, -0.2) is 31.5 Å². The van der Waals surface area contributed by atoms with Crippen LogP contribution in [0.2, 0.25) is 0 Å². The Hall–Kier alpha value is -1.88. The molecule has 1 aliphatic rings. The molecule has 114 valence electrons. The van der Waals surface area contributed by atoms with Gasteiger partial charge in [-0.1, -0.05) is 12.1 Å². The van der Waals surface area contributed by atoms with Crippen molar-refractivity contribution in [2.24, 2.45) is 5.92 Å². The summed E-state index contributed by atoms with van der Waals surface area (Å²) in [5, 5.41) is 3.27. The fourth-order valence-corrected chi connectivity index (χ4v) is 2.93. The van der Waals surface area contributed by atoms with Crippen molar-refractivity contribution in [1.82, 2.24) is 5.32 Å². The Morgan fingerprint density at radius 3 is 2.33 bits per heavy atom. The molecule has 1 aromatic carbocycles. The minimum absolute atomic E-state index is 0.0657. The largest absolute Gasteiger partial charge is 0.497 e. The molecule has 0 amide bonds. The smallest absolute Gasteiger partial charge is 0.325 e. The quantitative estimate of drug-likeness (QED) is 0.858. The summed E-state index contributed by atoms with van der Waals surface area (Å²) in [6, 6.07) is 7.33. The second kappa shape index (κ2) is 5.85. The zero-order valence-electron chi connectivity index (χ0n) is 12.8. The molecule has 1 aromatic rings. The number of Topliss-reactive ketones (excluding diaryl/α,β-unsaturated/α-hetero) is 1. The van der Waals surface area contributed by atoms with Crippen LogP contribution in [0.25, 0.3) is 0 Å². The fraction of sp³-hybridized carbons (Fsp3) is 0.500. The van der Waals surface area contributed by atoms with Crippen LogP contribution < -0.4 is 10.1 Å². The van der Waals surface area contributed by atoms with E-state index in [1.54, 1.807) is 21.0 Å². The molecule has 1 fully saturated rings. The van der Waals surface area contributed by atoms with E-state index >= 15 is 0 Å². The van der Waals surface area contributed by atoms with Crippen LogP contribution in [0, 0.1) is 5.92 Å². The van der Waals surface area contributed by atoms with E-state index in [0.717, 1.165) is 11.3 Å². The van der Waals surface area contributed by atoms with Gasteiger partial charge in [0.05, 0.1) is 14.2 Å². The lowest BCUT2D eigenvalue weighted by Gasteiger charge is -2.22. The third kappa shape index (κ3) is 2.93. The predicted molar refractivity (Wildman–Crippen MR) is 78.1 cm³/mol. The molecule has 5 heteroatoms.